The summed E-state index contributed by atoms with van der Waals surface area (Å²) in [6.07, 6.45) is 10.6. The zero-order valence-corrected chi connectivity index (χ0v) is 11.8. The molecule has 0 unspecified atom stereocenters. The second kappa shape index (κ2) is 8.33. The van der Waals surface area contributed by atoms with Crippen molar-refractivity contribution in [2.75, 3.05) is 0 Å². The third-order valence-corrected chi connectivity index (χ3v) is 3.57. The van der Waals surface area contributed by atoms with E-state index in [0.717, 1.165) is 6.42 Å². The first-order valence-corrected chi connectivity index (χ1v) is 7.28. The standard InChI is InChI=1S/C17H27/c1-4-6-7-8-9-10-13-16-14-11-12-15(3)17(16)5-2/h11-12H,4-10,13H2,1-3H3. The Morgan fingerprint density at radius 3 is 2.41 bits per heavy atom. The quantitative estimate of drug-likeness (QED) is 0.535. The van der Waals surface area contributed by atoms with E-state index in [4.69, 9.17) is 0 Å². The van der Waals surface area contributed by atoms with Crippen LogP contribution in [-0.2, 0) is 12.8 Å². The van der Waals surface area contributed by atoms with E-state index in [9.17, 15) is 0 Å². The molecular weight excluding hydrogens is 204 g/mol. The Labute approximate surface area is 107 Å². The lowest BCUT2D eigenvalue weighted by atomic mass is 9.95. The highest BCUT2D eigenvalue weighted by Gasteiger charge is 2.03. The molecule has 0 nitrogen and oxygen atoms in total. The minimum Gasteiger partial charge on any atom is -0.0654 e. The Bertz CT molecular complexity index is 312. The molecule has 1 rings (SSSR count). The van der Waals surface area contributed by atoms with Gasteiger partial charge in [0.25, 0.3) is 0 Å². The van der Waals surface area contributed by atoms with Crippen molar-refractivity contribution in [2.45, 2.75) is 72.1 Å². The van der Waals surface area contributed by atoms with Crippen molar-refractivity contribution in [1.82, 2.24) is 0 Å². The summed E-state index contributed by atoms with van der Waals surface area (Å²) in [6, 6.07) is 7.70. The SMILES string of the molecule is CCCCCCCCc1[c]ccc(C)c1CC. The van der Waals surface area contributed by atoms with E-state index in [1.807, 2.05) is 0 Å². The lowest BCUT2D eigenvalue weighted by Crippen LogP contribution is -1.96. The first kappa shape index (κ1) is 14.3. The van der Waals surface area contributed by atoms with Crippen LogP contribution < -0.4 is 0 Å². The molecule has 1 radical (unpaired) electrons. The minimum absolute atomic E-state index is 1.15. The molecule has 0 amide bonds. The van der Waals surface area contributed by atoms with Gasteiger partial charge in [-0.2, -0.15) is 0 Å². The zero-order chi connectivity index (χ0) is 12.5. The predicted molar refractivity (Wildman–Crippen MR) is 76.5 cm³/mol. The van der Waals surface area contributed by atoms with Gasteiger partial charge in [-0.15, -0.1) is 0 Å². The fraction of sp³-hybridized carbons (Fsp3) is 0.647. The van der Waals surface area contributed by atoms with Crippen molar-refractivity contribution >= 4 is 0 Å². The molecule has 0 atom stereocenters. The Balaban J connectivity index is 2.33. The molecule has 0 aromatic heterocycles. The highest BCUT2D eigenvalue weighted by Crippen LogP contribution is 2.17. The van der Waals surface area contributed by atoms with Crippen molar-refractivity contribution < 1.29 is 0 Å². The van der Waals surface area contributed by atoms with Crippen molar-refractivity contribution in [2.24, 2.45) is 0 Å². The third-order valence-electron chi connectivity index (χ3n) is 3.57. The van der Waals surface area contributed by atoms with Crippen LogP contribution in [0.5, 0.6) is 0 Å². The summed E-state index contributed by atoms with van der Waals surface area (Å²) in [6.45, 7) is 6.74. The maximum atomic E-state index is 3.43. The van der Waals surface area contributed by atoms with Gasteiger partial charge < -0.3 is 0 Å². The van der Waals surface area contributed by atoms with Crippen molar-refractivity contribution in [1.29, 1.82) is 0 Å². The molecule has 0 fully saturated rings. The molecule has 95 valence electrons. The van der Waals surface area contributed by atoms with Crippen molar-refractivity contribution in [3.63, 3.8) is 0 Å². The van der Waals surface area contributed by atoms with Gasteiger partial charge in [0, 0.05) is 0 Å². The van der Waals surface area contributed by atoms with Crippen LogP contribution in [0.4, 0.5) is 0 Å². The van der Waals surface area contributed by atoms with Gasteiger partial charge >= 0.3 is 0 Å². The number of aryl methyl sites for hydroxylation is 2. The number of hydrogen-bond donors (Lipinski definition) is 0. The van der Waals surface area contributed by atoms with Crippen LogP contribution >= 0.6 is 0 Å². The summed E-state index contributed by atoms with van der Waals surface area (Å²) < 4.78 is 0. The van der Waals surface area contributed by atoms with E-state index in [0.29, 0.717) is 0 Å². The Kier molecular flexibility index (Phi) is 7.00. The van der Waals surface area contributed by atoms with Crippen molar-refractivity contribution in [3.05, 3.63) is 34.9 Å². The van der Waals surface area contributed by atoms with E-state index in [2.05, 4.69) is 39.0 Å². The molecule has 0 N–H and O–H groups in total. The van der Waals surface area contributed by atoms with Gasteiger partial charge in [0.2, 0.25) is 0 Å². The molecule has 0 aliphatic rings. The van der Waals surface area contributed by atoms with Crippen molar-refractivity contribution in [3.8, 4) is 0 Å². The van der Waals surface area contributed by atoms with Crippen LogP contribution in [-0.4, -0.2) is 0 Å². The normalized spacial score (nSPS) is 10.8. The van der Waals surface area contributed by atoms with Crippen LogP contribution in [0.1, 0.15) is 69.1 Å². The smallest absolute Gasteiger partial charge is 0.0146 e. The van der Waals surface area contributed by atoms with Gasteiger partial charge in [0.15, 0.2) is 0 Å². The van der Waals surface area contributed by atoms with Gasteiger partial charge in [-0.3, -0.25) is 0 Å². The minimum atomic E-state index is 1.15. The molecule has 1 aromatic rings. The van der Waals surface area contributed by atoms with Crippen LogP contribution in [0.3, 0.4) is 0 Å². The summed E-state index contributed by atoms with van der Waals surface area (Å²) in [5.41, 5.74) is 4.43. The topological polar surface area (TPSA) is 0 Å². The summed E-state index contributed by atoms with van der Waals surface area (Å²) in [7, 11) is 0. The molecule has 17 heavy (non-hydrogen) atoms. The van der Waals surface area contributed by atoms with Gasteiger partial charge in [-0.1, -0.05) is 58.1 Å². The predicted octanol–water partition coefficient (Wildman–Crippen LogP) is 5.26. The molecule has 0 aliphatic carbocycles. The monoisotopic (exact) mass is 231 g/mol. The summed E-state index contributed by atoms with van der Waals surface area (Å²) >= 11 is 0. The maximum absolute atomic E-state index is 3.43. The second-order valence-corrected chi connectivity index (χ2v) is 4.99. The summed E-state index contributed by atoms with van der Waals surface area (Å²) in [4.78, 5) is 0. The molecule has 0 aliphatic heterocycles. The largest absolute Gasteiger partial charge is 0.0654 e. The van der Waals surface area contributed by atoms with Gasteiger partial charge in [0.05, 0.1) is 0 Å². The number of hydrogen-bond acceptors (Lipinski definition) is 0. The van der Waals surface area contributed by atoms with Gasteiger partial charge in [-0.25, -0.2) is 0 Å². The summed E-state index contributed by atoms with van der Waals surface area (Å²) in [5.74, 6) is 0. The molecule has 0 heteroatoms. The maximum Gasteiger partial charge on any atom is -0.0146 e. The average molecular weight is 231 g/mol. The number of unbranched alkanes of at least 4 members (excludes halogenated alkanes) is 5. The van der Waals surface area contributed by atoms with Crippen LogP contribution in [0, 0.1) is 13.0 Å². The van der Waals surface area contributed by atoms with Gasteiger partial charge in [0.1, 0.15) is 0 Å². The fourth-order valence-corrected chi connectivity index (χ4v) is 2.49. The number of benzene rings is 1. The molecule has 0 spiro atoms. The summed E-state index contributed by atoms with van der Waals surface area (Å²) in [5, 5.41) is 0. The Hall–Kier alpha value is -0.780. The molecule has 1 aromatic carbocycles. The molecule has 0 saturated carbocycles. The molecule has 0 bridgehead atoms. The lowest BCUT2D eigenvalue weighted by molar-refractivity contribution is 0.606. The first-order valence-electron chi connectivity index (χ1n) is 7.28. The molecule has 0 saturated heterocycles. The Morgan fingerprint density at radius 1 is 1.00 bits per heavy atom. The van der Waals surface area contributed by atoms with E-state index in [-0.39, 0.29) is 0 Å². The second-order valence-electron chi connectivity index (χ2n) is 4.99. The average Bonchev–Trinajstić information content (AvgIpc) is 2.34. The van der Waals surface area contributed by atoms with Crippen LogP contribution in [0.2, 0.25) is 0 Å². The van der Waals surface area contributed by atoms with E-state index in [1.165, 1.54) is 61.6 Å². The number of rotatable bonds is 8. The highest BCUT2D eigenvalue weighted by molar-refractivity contribution is 5.33. The first-order chi connectivity index (χ1) is 8.29. The highest BCUT2D eigenvalue weighted by atomic mass is 14.1. The molecule has 0 heterocycles. The van der Waals surface area contributed by atoms with E-state index < -0.39 is 0 Å². The lowest BCUT2D eigenvalue weighted by Gasteiger charge is -2.10. The van der Waals surface area contributed by atoms with E-state index >= 15 is 0 Å². The van der Waals surface area contributed by atoms with E-state index in [1.54, 1.807) is 0 Å². The molecular formula is C17H27. The zero-order valence-electron chi connectivity index (χ0n) is 11.8. The fourth-order valence-electron chi connectivity index (χ4n) is 2.49. The Morgan fingerprint density at radius 2 is 1.71 bits per heavy atom. The van der Waals surface area contributed by atoms with Crippen LogP contribution in [0.25, 0.3) is 0 Å². The van der Waals surface area contributed by atoms with Gasteiger partial charge in [-0.05, 0) is 48.9 Å². The third kappa shape index (κ3) is 4.93. The van der Waals surface area contributed by atoms with Crippen LogP contribution in [0.15, 0.2) is 12.1 Å².